The van der Waals surface area contributed by atoms with Crippen molar-refractivity contribution >= 4 is 17.8 Å². The second-order valence-corrected chi connectivity index (χ2v) is 10.7. The number of hydrogen-bond donors (Lipinski definition) is 1. The first-order chi connectivity index (χ1) is 19.6. The van der Waals surface area contributed by atoms with E-state index in [1.165, 1.54) is 16.7 Å². The molecule has 0 spiro atoms. The van der Waals surface area contributed by atoms with Crippen molar-refractivity contribution in [1.29, 1.82) is 5.26 Å². The van der Waals surface area contributed by atoms with E-state index >= 15 is 0 Å². The maximum absolute atomic E-state index is 12.4. The predicted octanol–water partition coefficient (Wildman–Crippen LogP) is 6.61. The molecule has 7 heteroatoms. The van der Waals surface area contributed by atoms with Crippen LogP contribution in [0.1, 0.15) is 84.9 Å². The van der Waals surface area contributed by atoms with E-state index in [-0.39, 0.29) is 11.9 Å². The van der Waals surface area contributed by atoms with Crippen molar-refractivity contribution in [2.75, 3.05) is 32.9 Å². The Kier molecular flexibility index (Phi) is 10.8. The van der Waals surface area contributed by atoms with Crippen LogP contribution in [-0.4, -0.2) is 58.9 Å². The monoisotopic (exact) mass is 552 g/mol. The summed E-state index contributed by atoms with van der Waals surface area (Å²) in [6.45, 7) is 14.6. The number of anilines is 1. The Labute approximate surface area is 245 Å². The molecule has 1 aliphatic heterocycles. The number of pyridine rings is 2. The van der Waals surface area contributed by atoms with E-state index in [4.69, 9.17) is 5.73 Å². The van der Waals surface area contributed by atoms with Gasteiger partial charge in [0, 0.05) is 48.7 Å². The lowest BCUT2D eigenvalue weighted by Gasteiger charge is -2.37. The molecule has 1 fully saturated rings. The van der Waals surface area contributed by atoms with Gasteiger partial charge < -0.3 is 10.6 Å². The molecule has 1 saturated heterocycles. The number of aryl methyl sites for hydroxylation is 2. The van der Waals surface area contributed by atoms with Crippen LogP contribution >= 0.6 is 0 Å². The molecule has 1 atom stereocenters. The number of amides is 1. The third kappa shape index (κ3) is 7.20. The summed E-state index contributed by atoms with van der Waals surface area (Å²) in [5.41, 5.74) is 14.3. The first kappa shape index (κ1) is 31.5. The van der Waals surface area contributed by atoms with Crippen LogP contribution in [0.3, 0.4) is 0 Å². The van der Waals surface area contributed by atoms with E-state index in [1.54, 1.807) is 31.3 Å². The number of nitrogens with two attached hydrogens (primary N) is 1. The van der Waals surface area contributed by atoms with Gasteiger partial charge in [0.25, 0.3) is 5.91 Å². The Morgan fingerprint density at radius 2 is 1.80 bits per heavy atom. The van der Waals surface area contributed by atoms with Crippen LogP contribution in [0.4, 0.5) is 5.82 Å². The van der Waals surface area contributed by atoms with Crippen molar-refractivity contribution in [3.05, 3.63) is 81.8 Å². The zero-order valence-electron chi connectivity index (χ0n) is 25.8. The van der Waals surface area contributed by atoms with Gasteiger partial charge in [-0.2, -0.15) is 5.26 Å². The number of aromatic nitrogens is 2. The van der Waals surface area contributed by atoms with Gasteiger partial charge in [0.2, 0.25) is 0 Å². The van der Waals surface area contributed by atoms with Gasteiger partial charge in [0.05, 0.1) is 0 Å². The number of carbonyl (C=O) groups excluding carboxylic acids is 1. The number of nitrogens with zero attached hydrogens (tertiary/aromatic N) is 5. The number of nitrogen functional groups attached to an aromatic ring is 1. The fraction of sp³-hybridized carbons (Fsp3) is 0.412. The van der Waals surface area contributed by atoms with Crippen LogP contribution in [0.5, 0.6) is 0 Å². The minimum atomic E-state index is 0.0408. The number of likely N-dealkylation sites (tertiary alicyclic amines) is 1. The summed E-state index contributed by atoms with van der Waals surface area (Å²) in [7, 11) is 3.57. The average molecular weight is 553 g/mol. The topological polar surface area (TPSA) is 99.1 Å². The molecule has 1 unspecified atom stereocenters. The van der Waals surface area contributed by atoms with Gasteiger partial charge >= 0.3 is 0 Å². The molecular weight excluding hydrogens is 508 g/mol. The highest BCUT2D eigenvalue weighted by molar-refractivity contribution is 5.94. The molecule has 1 aromatic carbocycles. The van der Waals surface area contributed by atoms with Crippen LogP contribution < -0.4 is 5.73 Å². The lowest BCUT2D eigenvalue weighted by Crippen LogP contribution is -2.40. The molecule has 3 heterocycles. The van der Waals surface area contributed by atoms with Gasteiger partial charge in [0.15, 0.2) is 5.69 Å². The Morgan fingerprint density at radius 3 is 2.41 bits per heavy atom. The van der Waals surface area contributed by atoms with Crippen LogP contribution in [0, 0.1) is 25.2 Å². The molecular formula is C34H44N6O. The molecule has 2 aromatic heterocycles. The first-order valence-corrected chi connectivity index (χ1v) is 14.5. The number of carbonyl (C=O) groups is 1. The molecule has 1 amide bonds. The molecule has 3 aromatic rings. The highest BCUT2D eigenvalue weighted by Crippen LogP contribution is 2.34. The molecule has 41 heavy (non-hydrogen) atoms. The van der Waals surface area contributed by atoms with Gasteiger partial charge in [-0.25, -0.2) is 4.98 Å². The molecule has 0 radical (unpaired) electrons. The largest absolute Gasteiger partial charge is 0.384 e. The zero-order valence-corrected chi connectivity index (χ0v) is 25.8. The Morgan fingerprint density at radius 1 is 1.12 bits per heavy atom. The van der Waals surface area contributed by atoms with Crippen molar-refractivity contribution in [2.45, 2.75) is 66.3 Å². The maximum Gasteiger partial charge on any atom is 0.253 e. The van der Waals surface area contributed by atoms with E-state index in [2.05, 4.69) is 53.9 Å². The van der Waals surface area contributed by atoms with Crippen LogP contribution in [0.25, 0.3) is 17.2 Å². The Balaban J connectivity index is 0.00000226. The summed E-state index contributed by atoms with van der Waals surface area (Å²) in [6.07, 6.45) is 6.14. The van der Waals surface area contributed by atoms with E-state index in [1.807, 2.05) is 45.0 Å². The van der Waals surface area contributed by atoms with Gasteiger partial charge in [-0.3, -0.25) is 14.7 Å². The zero-order chi connectivity index (χ0) is 30.3. The fourth-order valence-corrected chi connectivity index (χ4v) is 5.53. The lowest BCUT2D eigenvalue weighted by molar-refractivity contribution is 0.0827. The van der Waals surface area contributed by atoms with E-state index in [0.717, 1.165) is 53.9 Å². The van der Waals surface area contributed by atoms with Crippen molar-refractivity contribution in [3.8, 4) is 17.2 Å². The minimum absolute atomic E-state index is 0.0408. The third-order valence-corrected chi connectivity index (χ3v) is 7.97. The average Bonchev–Trinajstić information content (AvgIpc) is 2.98. The molecule has 0 aliphatic carbocycles. The fourth-order valence-electron chi connectivity index (χ4n) is 5.53. The second kappa shape index (κ2) is 14.0. The van der Waals surface area contributed by atoms with Crippen molar-refractivity contribution in [3.63, 3.8) is 0 Å². The normalized spacial score (nSPS) is 15.0. The van der Waals surface area contributed by atoms with Crippen molar-refractivity contribution < 1.29 is 4.79 Å². The van der Waals surface area contributed by atoms with Crippen LogP contribution in [-0.2, 0) is 0 Å². The van der Waals surface area contributed by atoms with E-state index in [9.17, 15) is 10.1 Å². The van der Waals surface area contributed by atoms with E-state index < -0.39 is 0 Å². The standard InChI is InChI=1S/C32H38N6O.C2H6/c1-20(18-29-22(3)35-14-11-27(29)28-9-10-31(34)36-30(28)19-33)23(4)38-15-12-24(13-16-38)26-8-7-25(17-21(26)2)32(39)37(5)6;1-2/h7-11,14,17-18,23-24H,12-13,15-16H2,1-6H3,(H2,34,36);1-2H3/b20-18+;. The Hall–Kier alpha value is -4.02. The predicted molar refractivity (Wildman–Crippen MR) is 169 cm³/mol. The maximum atomic E-state index is 12.4. The highest BCUT2D eigenvalue weighted by Gasteiger charge is 2.26. The number of hydrogen-bond acceptors (Lipinski definition) is 6. The molecule has 2 N–H and O–H groups in total. The molecule has 216 valence electrons. The number of benzene rings is 1. The second-order valence-electron chi connectivity index (χ2n) is 10.7. The Bertz CT molecular complexity index is 1440. The molecule has 1 aliphatic rings. The van der Waals surface area contributed by atoms with Gasteiger partial charge in [-0.05, 0) is 107 Å². The highest BCUT2D eigenvalue weighted by atomic mass is 16.2. The van der Waals surface area contributed by atoms with Gasteiger partial charge in [-0.15, -0.1) is 0 Å². The molecule has 7 nitrogen and oxygen atoms in total. The number of nitriles is 1. The summed E-state index contributed by atoms with van der Waals surface area (Å²) in [5.74, 6) is 0.870. The minimum Gasteiger partial charge on any atom is -0.384 e. The summed E-state index contributed by atoms with van der Waals surface area (Å²) < 4.78 is 0. The van der Waals surface area contributed by atoms with E-state index in [0.29, 0.717) is 17.4 Å². The summed E-state index contributed by atoms with van der Waals surface area (Å²) in [4.78, 5) is 25.3. The number of piperidine rings is 1. The molecule has 0 saturated carbocycles. The van der Waals surface area contributed by atoms with Gasteiger partial charge in [0.1, 0.15) is 11.9 Å². The summed E-state index contributed by atoms with van der Waals surface area (Å²) >= 11 is 0. The molecule has 0 bridgehead atoms. The smallest absolute Gasteiger partial charge is 0.253 e. The quantitative estimate of drug-likeness (QED) is 0.369. The van der Waals surface area contributed by atoms with Crippen molar-refractivity contribution in [2.24, 2.45) is 0 Å². The van der Waals surface area contributed by atoms with Crippen molar-refractivity contribution in [1.82, 2.24) is 19.8 Å². The van der Waals surface area contributed by atoms with Crippen LogP contribution in [0.2, 0.25) is 0 Å². The van der Waals surface area contributed by atoms with Crippen LogP contribution in [0.15, 0.2) is 48.2 Å². The SMILES string of the molecule is C/C(=C\c1c(-c2ccc(N)nc2C#N)ccnc1C)C(C)N1CCC(c2ccc(C(=O)N(C)C)cc2C)CC1.CC. The first-order valence-electron chi connectivity index (χ1n) is 14.5. The van der Waals surface area contributed by atoms with Gasteiger partial charge in [-0.1, -0.05) is 31.6 Å². The third-order valence-electron chi connectivity index (χ3n) is 7.97. The summed E-state index contributed by atoms with van der Waals surface area (Å²) in [5, 5.41) is 9.66. The number of rotatable bonds is 6. The summed E-state index contributed by atoms with van der Waals surface area (Å²) in [6, 6.07) is 14.1. The lowest BCUT2D eigenvalue weighted by atomic mass is 9.85. The molecule has 4 rings (SSSR count).